The predicted octanol–water partition coefficient (Wildman–Crippen LogP) is 14.2. The summed E-state index contributed by atoms with van der Waals surface area (Å²) in [5.41, 5.74) is 4.70. The fourth-order valence-electron chi connectivity index (χ4n) is 4.49. The van der Waals surface area contributed by atoms with E-state index in [0.717, 1.165) is 35.5 Å². The van der Waals surface area contributed by atoms with Crippen LogP contribution in [-0.2, 0) is 4.79 Å². The Kier molecular flexibility index (Phi) is 32.1. The topological polar surface area (TPSA) is 17.1 Å². The minimum atomic E-state index is 0. The Labute approximate surface area is 270 Å². The van der Waals surface area contributed by atoms with Gasteiger partial charge >= 0.3 is 0 Å². The van der Waals surface area contributed by atoms with E-state index >= 15 is 0 Å². The number of carbonyl (C=O) groups is 1. The molecule has 0 aromatic rings. The van der Waals surface area contributed by atoms with Gasteiger partial charge in [-0.25, -0.2) is 0 Å². The third-order valence-electron chi connectivity index (χ3n) is 9.83. The Bertz CT molecular complexity index is 668. The molecule has 0 aliphatic rings. The molecule has 1 heteroatoms. The van der Waals surface area contributed by atoms with Crippen LogP contribution in [0.4, 0.5) is 0 Å². The summed E-state index contributed by atoms with van der Waals surface area (Å²) in [6.45, 7) is 51.1. The summed E-state index contributed by atoms with van der Waals surface area (Å²) in [5.74, 6) is 8.29. The summed E-state index contributed by atoms with van der Waals surface area (Å²) in [6, 6.07) is 0. The van der Waals surface area contributed by atoms with Crippen molar-refractivity contribution < 1.29 is 4.79 Å². The third kappa shape index (κ3) is 23.6. The average molecular weight is 595 g/mol. The largest absolute Gasteiger partial charge is 0.299 e. The molecule has 0 aliphatic carbocycles. The first kappa shape index (κ1) is 50.8. The minimum Gasteiger partial charge on any atom is -0.299 e. The van der Waals surface area contributed by atoms with Crippen LogP contribution in [0.1, 0.15) is 167 Å². The maximum absolute atomic E-state index is 11.3. The Hall–Kier alpha value is -0.850. The van der Waals surface area contributed by atoms with E-state index in [1.54, 1.807) is 16.7 Å². The van der Waals surface area contributed by atoms with Gasteiger partial charge in [0.2, 0.25) is 0 Å². The van der Waals surface area contributed by atoms with Crippen molar-refractivity contribution in [1.82, 2.24) is 0 Å². The summed E-state index contributed by atoms with van der Waals surface area (Å²) >= 11 is 0. The molecule has 0 aromatic heterocycles. The van der Waals surface area contributed by atoms with E-state index < -0.39 is 0 Å². The summed E-state index contributed by atoms with van der Waals surface area (Å²) in [6.07, 6.45) is 2.27. The predicted molar refractivity (Wildman–Crippen MR) is 199 cm³/mol. The second-order valence-corrected chi connectivity index (χ2v) is 15.4. The maximum atomic E-state index is 11.3. The quantitative estimate of drug-likeness (QED) is 0.217. The van der Waals surface area contributed by atoms with Gasteiger partial charge in [-0.15, -0.1) is 0 Å². The monoisotopic (exact) mass is 595 g/mol. The minimum absolute atomic E-state index is 0. The van der Waals surface area contributed by atoms with E-state index in [1.165, 1.54) is 0 Å². The van der Waals surface area contributed by atoms with Gasteiger partial charge in [-0.05, 0) is 80.0 Å². The fraction of sp³-hybridized carbons (Fsp3) is 0.878. The third-order valence-corrected chi connectivity index (χ3v) is 9.83. The Morgan fingerprint density at radius 1 is 0.429 bits per heavy atom. The van der Waals surface area contributed by atoms with Crippen molar-refractivity contribution in [1.29, 1.82) is 0 Å². The molecule has 0 saturated carbocycles. The van der Waals surface area contributed by atoms with Gasteiger partial charge in [-0.3, -0.25) is 4.79 Å². The van der Waals surface area contributed by atoms with E-state index in [-0.39, 0.29) is 19.3 Å². The van der Waals surface area contributed by atoms with Crippen LogP contribution in [0.2, 0.25) is 0 Å². The first-order valence-corrected chi connectivity index (χ1v) is 17.3. The SMILES string of the molecule is C.C/C(=C(\C)C(C)C)C(C)C.C/C=C(/C(C)C)C(C)C(C)C.CC(C)C(=O)C(C)C(C)C.CC(C)C(C)C(C)C(C)C. The van der Waals surface area contributed by atoms with Crippen LogP contribution in [-0.4, -0.2) is 5.78 Å². The van der Waals surface area contributed by atoms with Gasteiger partial charge in [0.15, 0.2) is 0 Å². The summed E-state index contributed by atoms with van der Waals surface area (Å²) < 4.78 is 0. The molecule has 0 spiro atoms. The molecule has 0 rings (SSSR count). The normalized spacial score (nSPS) is 15.4. The second-order valence-electron chi connectivity index (χ2n) is 15.4. The molecule has 4 unspecified atom stereocenters. The number of hydrogen-bond donors (Lipinski definition) is 0. The molecule has 4 atom stereocenters. The molecular weight excluding hydrogens is 508 g/mol. The number of hydrogen-bond acceptors (Lipinski definition) is 1. The van der Waals surface area contributed by atoms with Crippen LogP contribution in [0.25, 0.3) is 0 Å². The lowest BCUT2D eigenvalue weighted by atomic mass is 9.80. The molecule has 1 nitrogen and oxygen atoms in total. The van der Waals surface area contributed by atoms with Gasteiger partial charge in [-0.1, -0.05) is 169 Å². The molecule has 0 fully saturated rings. The Morgan fingerprint density at radius 2 is 0.714 bits per heavy atom. The number of Topliss-reactive ketones (excluding diaryl/α,β-unsaturated/α-hetero) is 1. The van der Waals surface area contributed by atoms with Gasteiger partial charge in [0.25, 0.3) is 0 Å². The molecule has 0 N–H and O–H groups in total. The molecule has 0 aliphatic heterocycles. The summed E-state index contributed by atoms with van der Waals surface area (Å²) in [5, 5.41) is 0. The lowest BCUT2D eigenvalue weighted by Gasteiger charge is -2.26. The van der Waals surface area contributed by atoms with E-state index in [0.29, 0.717) is 29.5 Å². The molecule has 0 heterocycles. The standard InChI is InChI=1S/C11H22.C10H22.C10H20.C9H18O.CH4/c1-7-11(9(4)5)10(6)8(2)3;2*1-7(2)9(5)10(6)8(3)4;1-6(2)8(5)9(10)7(3)4;/h7-10H,1-6H3;7-10H,1-6H3;7-8H,1-6H3;6-8H,1-5H3;1H4/b11-7-;;10-9-;;. The van der Waals surface area contributed by atoms with Crippen molar-refractivity contribution in [3.63, 3.8) is 0 Å². The molecule has 0 amide bonds. The first-order chi connectivity index (χ1) is 18.4. The highest BCUT2D eigenvalue weighted by Crippen LogP contribution is 2.26. The van der Waals surface area contributed by atoms with Crippen LogP contribution < -0.4 is 0 Å². The second kappa shape index (κ2) is 26.5. The molecule has 42 heavy (non-hydrogen) atoms. The molecule has 0 bridgehead atoms. The summed E-state index contributed by atoms with van der Waals surface area (Å²) in [4.78, 5) is 11.3. The molecule has 0 radical (unpaired) electrons. The lowest BCUT2D eigenvalue weighted by Crippen LogP contribution is -2.21. The Morgan fingerprint density at radius 3 is 0.810 bits per heavy atom. The highest BCUT2D eigenvalue weighted by molar-refractivity contribution is 5.82. The highest BCUT2D eigenvalue weighted by Gasteiger charge is 2.19. The highest BCUT2D eigenvalue weighted by atomic mass is 16.1. The van der Waals surface area contributed by atoms with Gasteiger partial charge < -0.3 is 0 Å². The molecule has 0 aromatic carbocycles. The molecule has 256 valence electrons. The zero-order valence-corrected chi connectivity index (χ0v) is 32.9. The van der Waals surface area contributed by atoms with Crippen molar-refractivity contribution in [2.24, 2.45) is 71.0 Å². The number of rotatable bonds is 11. The smallest absolute Gasteiger partial charge is 0.138 e. The van der Waals surface area contributed by atoms with Crippen molar-refractivity contribution in [2.45, 2.75) is 167 Å². The van der Waals surface area contributed by atoms with Gasteiger partial charge in [0.05, 0.1) is 0 Å². The van der Waals surface area contributed by atoms with Gasteiger partial charge in [0.1, 0.15) is 5.78 Å². The number of carbonyl (C=O) groups excluding carboxylic acids is 1. The fourth-order valence-corrected chi connectivity index (χ4v) is 4.49. The van der Waals surface area contributed by atoms with E-state index in [2.05, 4.69) is 145 Å². The van der Waals surface area contributed by atoms with Crippen LogP contribution in [0.15, 0.2) is 22.8 Å². The van der Waals surface area contributed by atoms with E-state index in [4.69, 9.17) is 0 Å². The first-order valence-electron chi connectivity index (χ1n) is 17.3. The number of ketones is 1. The van der Waals surface area contributed by atoms with Crippen LogP contribution in [0, 0.1) is 71.0 Å². The van der Waals surface area contributed by atoms with Crippen LogP contribution in [0.3, 0.4) is 0 Å². The summed E-state index contributed by atoms with van der Waals surface area (Å²) in [7, 11) is 0. The van der Waals surface area contributed by atoms with Crippen molar-refractivity contribution >= 4 is 5.78 Å². The van der Waals surface area contributed by atoms with Crippen molar-refractivity contribution in [3.8, 4) is 0 Å². The molecule has 0 saturated heterocycles. The van der Waals surface area contributed by atoms with Crippen molar-refractivity contribution in [2.75, 3.05) is 0 Å². The average Bonchev–Trinajstić information content (AvgIpc) is 2.86. The van der Waals surface area contributed by atoms with Gasteiger partial charge in [0, 0.05) is 11.8 Å². The van der Waals surface area contributed by atoms with E-state index in [9.17, 15) is 4.79 Å². The maximum Gasteiger partial charge on any atom is 0.138 e. The van der Waals surface area contributed by atoms with Gasteiger partial charge in [-0.2, -0.15) is 0 Å². The van der Waals surface area contributed by atoms with E-state index in [1.807, 2.05) is 20.8 Å². The van der Waals surface area contributed by atoms with Crippen molar-refractivity contribution in [3.05, 3.63) is 22.8 Å². The zero-order chi connectivity index (χ0) is 33.9. The van der Waals surface area contributed by atoms with Crippen LogP contribution >= 0.6 is 0 Å². The lowest BCUT2D eigenvalue weighted by molar-refractivity contribution is -0.126. The number of allylic oxidation sites excluding steroid dienone is 4. The zero-order valence-electron chi connectivity index (χ0n) is 32.9. The Balaban J connectivity index is -0.000000144. The van der Waals surface area contributed by atoms with Crippen LogP contribution in [0.5, 0.6) is 0 Å². The molecular formula is C41H86O.